The van der Waals surface area contributed by atoms with Gasteiger partial charge in [0.15, 0.2) is 5.16 Å². The number of halogens is 1. The first-order valence-corrected chi connectivity index (χ1v) is 10.2. The predicted octanol–water partition coefficient (Wildman–Crippen LogP) is 3.50. The second-order valence-electron chi connectivity index (χ2n) is 6.43. The van der Waals surface area contributed by atoms with Crippen molar-refractivity contribution >= 4 is 17.7 Å². The number of nitrogens with one attached hydrogen (secondary N) is 1. The van der Waals surface area contributed by atoms with Crippen LogP contribution in [0.1, 0.15) is 23.4 Å². The molecule has 152 valence electrons. The summed E-state index contributed by atoms with van der Waals surface area (Å²) in [5.74, 6) is 1.64. The van der Waals surface area contributed by atoms with E-state index in [1.165, 1.54) is 17.8 Å². The lowest BCUT2D eigenvalue weighted by molar-refractivity contribution is -0.121. The van der Waals surface area contributed by atoms with Gasteiger partial charge < -0.3 is 14.6 Å². The third-order valence-corrected chi connectivity index (χ3v) is 5.55. The fourth-order valence-corrected chi connectivity index (χ4v) is 3.72. The molecule has 0 unspecified atom stereocenters. The molecule has 0 atom stereocenters. The number of carbonyl (C=O) groups is 1. The number of ether oxygens (including phenoxy) is 1. The predicted molar refractivity (Wildman–Crippen MR) is 110 cm³/mol. The average Bonchev–Trinajstić information content (AvgIpc) is 3.09. The van der Waals surface area contributed by atoms with Gasteiger partial charge in [0.05, 0.1) is 7.11 Å². The van der Waals surface area contributed by atoms with Crippen molar-refractivity contribution in [2.75, 3.05) is 7.11 Å². The SMILES string of the molecule is COc1ccccc1CNC(=O)CCc1nnc(SCc2ccccc2F)n1C. The van der Waals surface area contributed by atoms with Crippen LogP contribution in [0.3, 0.4) is 0 Å². The number of amides is 1. The fourth-order valence-electron chi connectivity index (χ4n) is 2.80. The molecule has 1 aromatic heterocycles. The van der Waals surface area contributed by atoms with Gasteiger partial charge in [-0.3, -0.25) is 4.79 Å². The molecule has 0 saturated heterocycles. The van der Waals surface area contributed by atoms with Crippen LogP contribution in [0.5, 0.6) is 5.75 Å². The number of para-hydroxylation sites is 1. The smallest absolute Gasteiger partial charge is 0.220 e. The molecular formula is C21H23FN4O2S. The minimum absolute atomic E-state index is 0.0699. The molecule has 0 bridgehead atoms. The summed E-state index contributed by atoms with van der Waals surface area (Å²) >= 11 is 1.42. The largest absolute Gasteiger partial charge is 0.496 e. The second kappa shape index (κ2) is 10.1. The Hall–Kier alpha value is -2.87. The highest BCUT2D eigenvalue weighted by molar-refractivity contribution is 7.98. The summed E-state index contributed by atoms with van der Waals surface area (Å²) in [5, 5.41) is 11.9. The van der Waals surface area contributed by atoms with Crippen LogP contribution in [0.15, 0.2) is 53.7 Å². The molecule has 1 N–H and O–H groups in total. The summed E-state index contributed by atoms with van der Waals surface area (Å²) in [6.07, 6.45) is 0.778. The minimum Gasteiger partial charge on any atom is -0.496 e. The summed E-state index contributed by atoms with van der Waals surface area (Å²) in [4.78, 5) is 12.2. The lowest BCUT2D eigenvalue weighted by Gasteiger charge is -2.09. The van der Waals surface area contributed by atoms with Crippen LogP contribution in [0.2, 0.25) is 0 Å². The molecule has 2 aromatic carbocycles. The Bertz CT molecular complexity index is 977. The van der Waals surface area contributed by atoms with Crippen LogP contribution >= 0.6 is 11.8 Å². The van der Waals surface area contributed by atoms with E-state index in [2.05, 4.69) is 15.5 Å². The summed E-state index contributed by atoms with van der Waals surface area (Å²) in [7, 11) is 3.46. The van der Waals surface area contributed by atoms with Gasteiger partial charge in [-0.05, 0) is 17.7 Å². The van der Waals surface area contributed by atoms with Crippen molar-refractivity contribution in [2.24, 2.45) is 7.05 Å². The Morgan fingerprint density at radius 1 is 1.14 bits per heavy atom. The van der Waals surface area contributed by atoms with Gasteiger partial charge >= 0.3 is 0 Å². The summed E-state index contributed by atoms with van der Waals surface area (Å²) < 4.78 is 20.9. The molecule has 0 fully saturated rings. The zero-order valence-electron chi connectivity index (χ0n) is 16.4. The molecule has 0 aliphatic heterocycles. The second-order valence-corrected chi connectivity index (χ2v) is 7.37. The highest BCUT2D eigenvalue weighted by Gasteiger charge is 2.12. The van der Waals surface area contributed by atoms with Crippen LogP contribution in [-0.2, 0) is 30.6 Å². The van der Waals surface area contributed by atoms with Gasteiger partial charge in [-0.1, -0.05) is 48.2 Å². The van der Waals surface area contributed by atoms with E-state index in [4.69, 9.17) is 4.74 Å². The average molecular weight is 415 g/mol. The van der Waals surface area contributed by atoms with E-state index in [1.807, 2.05) is 41.9 Å². The molecule has 0 radical (unpaired) electrons. The van der Waals surface area contributed by atoms with Crippen LogP contribution < -0.4 is 10.1 Å². The van der Waals surface area contributed by atoms with Gasteiger partial charge in [0.2, 0.25) is 5.91 Å². The van der Waals surface area contributed by atoms with Crippen molar-refractivity contribution in [3.05, 3.63) is 71.3 Å². The van der Waals surface area contributed by atoms with Crippen molar-refractivity contribution in [1.29, 1.82) is 0 Å². The van der Waals surface area contributed by atoms with E-state index in [0.717, 1.165) is 11.3 Å². The number of thioether (sulfide) groups is 1. The van der Waals surface area contributed by atoms with E-state index in [9.17, 15) is 9.18 Å². The molecule has 0 aliphatic carbocycles. The van der Waals surface area contributed by atoms with Crippen molar-refractivity contribution in [1.82, 2.24) is 20.1 Å². The number of aryl methyl sites for hydroxylation is 1. The Morgan fingerprint density at radius 3 is 2.62 bits per heavy atom. The number of hydrogen-bond acceptors (Lipinski definition) is 5. The summed E-state index contributed by atoms with van der Waals surface area (Å²) in [6, 6.07) is 14.3. The molecule has 1 heterocycles. The highest BCUT2D eigenvalue weighted by atomic mass is 32.2. The van der Waals surface area contributed by atoms with Crippen LogP contribution in [0.25, 0.3) is 0 Å². The van der Waals surface area contributed by atoms with E-state index >= 15 is 0 Å². The molecule has 29 heavy (non-hydrogen) atoms. The lowest BCUT2D eigenvalue weighted by Crippen LogP contribution is -2.23. The Labute approximate surface area is 173 Å². The van der Waals surface area contributed by atoms with Crippen molar-refractivity contribution in [3.8, 4) is 5.75 Å². The molecule has 6 nitrogen and oxygen atoms in total. The minimum atomic E-state index is -0.228. The van der Waals surface area contributed by atoms with Crippen LogP contribution in [0.4, 0.5) is 4.39 Å². The molecule has 3 rings (SSSR count). The number of aromatic nitrogens is 3. The Balaban J connectivity index is 1.49. The normalized spacial score (nSPS) is 10.7. The first kappa shape index (κ1) is 20.9. The lowest BCUT2D eigenvalue weighted by atomic mass is 10.2. The highest BCUT2D eigenvalue weighted by Crippen LogP contribution is 2.23. The van der Waals surface area contributed by atoms with Crippen LogP contribution in [-0.4, -0.2) is 27.8 Å². The number of carbonyl (C=O) groups excluding carboxylic acids is 1. The maximum absolute atomic E-state index is 13.7. The van der Waals surface area contributed by atoms with Crippen molar-refractivity contribution in [2.45, 2.75) is 30.3 Å². The summed E-state index contributed by atoms with van der Waals surface area (Å²) in [5.41, 5.74) is 1.55. The number of hydrogen-bond donors (Lipinski definition) is 1. The number of methoxy groups -OCH3 is 1. The van der Waals surface area contributed by atoms with Gasteiger partial charge in [-0.15, -0.1) is 10.2 Å². The van der Waals surface area contributed by atoms with Crippen molar-refractivity contribution < 1.29 is 13.9 Å². The topological polar surface area (TPSA) is 69.0 Å². The van der Waals surface area contributed by atoms with Crippen molar-refractivity contribution in [3.63, 3.8) is 0 Å². The third-order valence-electron chi connectivity index (χ3n) is 4.48. The first-order valence-electron chi connectivity index (χ1n) is 9.21. The van der Waals surface area contributed by atoms with E-state index in [0.29, 0.717) is 41.7 Å². The van der Waals surface area contributed by atoms with Gasteiger partial charge in [0.25, 0.3) is 0 Å². The Morgan fingerprint density at radius 2 is 1.86 bits per heavy atom. The summed E-state index contributed by atoms with van der Waals surface area (Å²) in [6.45, 7) is 0.408. The zero-order chi connectivity index (χ0) is 20.6. The Kier molecular flexibility index (Phi) is 7.24. The molecule has 0 saturated carbocycles. The molecule has 0 aliphatic rings. The van der Waals surface area contributed by atoms with Gasteiger partial charge in [0.1, 0.15) is 17.4 Å². The molecule has 8 heteroatoms. The van der Waals surface area contributed by atoms with Gasteiger partial charge in [-0.2, -0.15) is 0 Å². The standard InChI is InChI=1S/C21H23FN4O2S/c1-26-19(24-25-21(26)29-14-16-8-3-5-9-17(16)22)11-12-20(27)23-13-15-7-4-6-10-18(15)28-2/h3-10H,11-14H2,1-2H3,(H,23,27). The number of benzene rings is 2. The van der Waals surface area contributed by atoms with Crippen LogP contribution in [0, 0.1) is 5.82 Å². The molecule has 0 spiro atoms. The monoisotopic (exact) mass is 414 g/mol. The third kappa shape index (κ3) is 5.57. The first-order chi connectivity index (χ1) is 14.1. The fraction of sp³-hybridized carbons (Fsp3) is 0.286. The van der Waals surface area contributed by atoms with Gasteiger partial charge in [0, 0.05) is 37.8 Å². The molecule has 3 aromatic rings. The quantitative estimate of drug-likeness (QED) is 0.543. The zero-order valence-corrected chi connectivity index (χ0v) is 17.2. The van der Waals surface area contributed by atoms with E-state index in [-0.39, 0.29) is 11.7 Å². The van der Waals surface area contributed by atoms with Gasteiger partial charge in [-0.25, -0.2) is 4.39 Å². The number of nitrogens with zero attached hydrogens (tertiary/aromatic N) is 3. The van der Waals surface area contributed by atoms with E-state index < -0.39 is 0 Å². The molecular weight excluding hydrogens is 391 g/mol. The maximum atomic E-state index is 13.7. The molecule has 1 amide bonds. The maximum Gasteiger partial charge on any atom is 0.220 e. The van der Waals surface area contributed by atoms with E-state index in [1.54, 1.807) is 19.2 Å². The number of rotatable bonds is 9.